The molecule has 122 valence electrons. The van der Waals surface area contributed by atoms with Crippen LogP contribution in [0.25, 0.3) is 32.4 Å². The Labute approximate surface area is 140 Å². The van der Waals surface area contributed by atoms with Crippen molar-refractivity contribution in [2.45, 2.75) is 0 Å². The molecule has 0 unspecified atom stereocenters. The number of phenols is 1. The number of fused-ring (bicyclic) bond motifs is 6. The molecule has 5 rings (SSSR count). The van der Waals surface area contributed by atoms with Crippen LogP contribution < -0.4 is 14.9 Å². The number of H-pyrrole nitrogens is 1. The first kappa shape index (κ1) is 13.9. The third kappa shape index (κ3) is 1.85. The number of benzene rings is 3. The monoisotopic (exact) mass is 333 g/mol. The number of carbonyl (C=O) groups is 1. The number of phenolic OH excluding ortho intramolecular Hbond substituents is 1. The molecule has 0 aliphatic carbocycles. The van der Waals surface area contributed by atoms with E-state index in [2.05, 4.69) is 4.98 Å². The highest BCUT2D eigenvalue weighted by Gasteiger charge is 2.17. The van der Waals surface area contributed by atoms with Gasteiger partial charge in [0.1, 0.15) is 0 Å². The summed E-state index contributed by atoms with van der Waals surface area (Å²) in [5, 5.41) is 13.3. The van der Waals surface area contributed by atoms with E-state index < -0.39 is 5.43 Å². The summed E-state index contributed by atoms with van der Waals surface area (Å²) in [7, 11) is 0. The quantitative estimate of drug-likeness (QED) is 0.413. The highest BCUT2D eigenvalue weighted by molar-refractivity contribution is 6.20. The molecule has 0 bridgehead atoms. The van der Waals surface area contributed by atoms with E-state index in [1.807, 2.05) is 12.1 Å². The van der Waals surface area contributed by atoms with E-state index in [1.165, 1.54) is 12.1 Å². The average molecular weight is 333 g/mol. The van der Waals surface area contributed by atoms with Gasteiger partial charge in [-0.15, -0.1) is 0 Å². The molecule has 1 aromatic heterocycles. The van der Waals surface area contributed by atoms with Gasteiger partial charge in [0.2, 0.25) is 12.2 Å². The van der Waals surface area contributed by atoms with Gasteiger partial charge in [-0.05, 0) is 40.4 Å². The normalized spacial score (nSPS) is 13.0. The molecule has 2 heterocycles. The molecule has 1 aliphatic rings. The third-order valence-corrected chi connectivity index (χ3v) is 4.59. The number of hydrogen-bond donors (Lipinski definition) is 2. The summed E-state index contributed by atoms with van der Waals surface area (Å²) in [6.07, 6.45) is 2.51. The molecule has 0 amide bonds. The number of rotatable bonds is 1. The Kier molecular flexibility index (Phi) is 2.62. The van der Waals surface area contributed by atoms with Crippen molar-refractivity contribution in [3.8, 4) is 17.2 Å². The van der Waals surface area contributed by atoms with Gasteiger partial charge < -0.3 is 19.6 Å². The zero-order valence-electron chi connectivity index (χ0n) is 12.8. The Bertz CT molecular complexity index is 1270. The molecule has 0 saturated heterocycles. The first-order valence-electron chi connectivity index (χ1n) is 7.65. The number of aldehydes is 1. The number of ether oxygens (including phenoxy) is 2. The van der Waals surface area contributed by atoms with Crippen LogP contribution in [0.5, 0.6) is 17.2 Å². The number of aromatic hydroxyl groups is 1. The molecule has 1 aliphatic heterocycles. The molecule has 0 radical (unpaired) electrons. The molecule has 0 atom stereocenters. The molecule has 6 nitrogen and oxygen atoms in total. The number of aromatic amines is 1. The van der Waals surface area contributed by atoms with Gasteiger partial charge in [0, 0.05) is 34.1 Å². The van der Waals surface area contributed by atoms with Crippen molar-refractivity contribution < 1.29 is 19.4 Å². The van der Waals surface area contributed by atoms with E-state index in [-0.39, 0.29) is 12.5 Å². The van der Waals surface area contributed by atoms with Crippen molar-refractivity contribution in [2.75, 3.05) is 6.79 Å². The van der Waals surface area contributed by atoms with Crippen molar-refractivity contribution in [2.24, 2.45) is 0 Å². The summed E-state index contributed by atoms with van der Waals surface area (Å²) in [5.74, 6) is 0.922. The number of aromatic nitrogens is 1. The second-order valence-corrected chi connectivity index (χ2v) is 5.95. The van der Waals surface area contributed by atoms with Gasteiger partial charge in [0.25, 0.3) is 0 Å². The van der Waals surface area contributed by atoms with E-state index in [0.29, 0.717) is 27.8 Å². The predicted octanol–water partition coefficient (Wildman–Crippen LogP) is 3.08. The summed E-state index contributed by atoms with van der Waals surface area (Å²) < 4.78 is 10.8. The second kappa shape index (κ2) is 4.73. The predicted molar refractivity (Wildman–Crippen MR) is 92.8 cm³/mol. The molecule has 0 fully saturated rings. The lowest BCUT2D eigenvalue weighted by Crippen LogP contribution is -1.99. The van der Waals surface area contributed by atoms with Gasteiger partial charge in [-0.1, -0.05) is 0 Å². The van der Waals surface area contributed by atoms with E-state index in [4.69, 9.17) is 9.47 Å². The second-order valence-electron chi connectivity index (χ2n) is 5.95. The highest BCUT2D eigenvalue weighted by Crippen LogP contribution is 2.39. The van der Waals surface area contributed by atoms with Crippen molar-refractivity contribution in [1.82, 2.24) is 4.98 Å². The Morgan fingerprint density at radius 3 is 2.48 bits per heavy atom. The third-order valence-electron chi connectivity index (χ3n) is 4.59. The zero-order valence-corrected chi connectivity index (χ0v) is 12.8. The molecule has 4 aromatic rings. The summed E-state index contributed by atoms with van der Waals surface area (Å²) in [4.78, 5) is 26.7. The van der Waals surface area contributed by atoms with Crippen LogP contribution in [0.1, 0.15) is 10.4 Å². The maximum Gasteiger partial charge on any atom is 0.231 e. The highest BCUT2D eigenvalue weighted by atomic mass is 16.7. The first-order chi connectivity index (χ1) is 12.2. The summed E-state index contributed by atoms with van der Waals surface area (Å²) >= 11 is 0. The van der Waals surface area contributed by atoms with Gasteiger partial charge in [-0.2, -0.15) is 0 Å². The number of carbonyl (C=O) groups excluding carboxylic acids is 1. The van der Waals surface area contributed by atoms with E-state index in [9.17, 15) is 14.7 Å². The number of hydrogen-bond acceptors (Lipinski definition) is 5. The molecule has 25 heavy (non-hydrogen) atoms. The minimum atomic E-state index is -0.484. The lowest BCUT2D eigenvalue weighted by atomic mass is 9.96. The van der Waals surface area contributed by atoms with Crippen LogP contribution in [0.2, 0.25) is 0 Å². The molecular formula is C19H11NO5. The average Bonchev–Trinajstić information content (AvgIpc) is 3.07. The molecule has 6 heteroatoms. The van der Waals surface area contributed by atoms with Crippen molar-refractivity contribution >= 4 is 38.7 Å². The van der Waals surface area contributed by atoms with Crippen LogP contribution in [0, 0.1) is 0 Å². The van der Waals surface area contributed by atoms with Gasteiger partial charge in [0.05, 0.1) is 0 Å². The Balaban J connectivity index is 2.01. The fourth-order valence-electron chi connectivity index (χ4n) is 3.40. The summed E-state index contributed by atoms with van der Waals surface area (Å²) in [6.45, 7) is 0.172. The summed E-state index contributed by atoms with van der Waals surface area (Å²) in [6, 6.07) is 8.15. The largest absolute Gasteiger partial charge is 0.504 e. The number of nitrogens with one attached hydrogen (secondary N) is 1. The molecule has 2 N–H and O–H groups in total. The Hall–Kier alpha value is -3.54. The smallest absolute Gasteiger partial charge is 0.231 e. The fourth-order valence-corrected chi connectivity index (χ4v) is 3.40. The number of pyridine rings is 1. The molecule has 0 spiro atoms. The van der Waals surface area contributed by atoms with E-state index in [1.54, 1.807) is 12.3 Å². The topological polar surface area (TPSA) is 88.6 Å². The van der Waals surface area contributed by atoms with Crippen LogP contribution in [-0.2, 0) is 0 Å². The van der Waals surface area contributed by atoms with Gasteiger partial charge in [0.15, 0.2) is 23.5 Å². The first-order valence-corrected chi connectivity index (χ1v) is 7.65. The Morgan fingerprint density at radius 1 is 0.920 bits per heavy atom. The van der Waals surface area contributed by atoms with Crippen LogP contribution in [0.15, 0.2) is 41.3 Å². The summed E-state index contributed by atoms with van der Waals surface area (Å²) in [5.41, 5.74) is 0.750. The van der Waals surface area contributed by atoms with E-state index in [0.717, 1.165) is 28.0 Å². The fraction of sp³-hybridized carbons (Fsp3) is 0.0526. The van der Waals surface area contributed by atoms with Gasteiger partial charge >= 0.3 is 0 Å². The van der Waals surface area contributed by atoms with E-state index >= 15 is 0 Å². The lowest BCUT2D eigenvalue weighted by Gasteiger charge is -2.10. The van der Waals surface area contributed by atoms with Crippen LogP contribution in [0.4, 0.5) is 0 Å². The minimum absolute atomic E-state index is 0.172. The lowest BCUT2D eigenvalue weighted by molar-refractivity contribution is 0.112. The van der Waals surface area contributed by atoms with Crippen LogP contribution in [0.3, 0.4) is 0 Å². The van der Waals surface area contributed by atoms with Crippen LogP contribution >= 0.6 is 0 Å². The standard InChI is InChI=1S/C19H11NO5/c21-7-9-1-11-13-4-18-19(25-8-24-18)5-15(13)20-6-14(11)12-3-17(23)16(22)2-10(9)12/h1-7,20,22H,8H2. The van der Waals surface area contributed by atoms with Crippen molar-refractivity contribution in [3.63, 3.8) is 0 Å². The van der Waals surface area contributed by atoms with Crippen molar-refractivity contribution in [3.05, 3.63) is 52.3 Å². The molecule has 0 saturated carbocycles. The van der Waals surface area contributed by atoms with Crippen LogP contribution in [-0.4, -0.2) is 23.2 Å². The zero-order chi connectivity index (χ0) is 17.1. The SMILES string of the molecule is O=Cc1cc2c3cc4c(cc3[nH]cc2c2cc(=O)c(O)cc12)OCO4. The van der Waals surface area contributed by atoms with Crippen molar-refractivity contribution in [1.29, 1.82) is 0 Å². The maximum absolute atomic E-state index is 11.9. The molecule has 3 aromatic carbocycles. The Morgan fingerprint density at radius 2 is 1.68 bits per heavy atom. The van der Waals surface area contributed by atoms with Gasteiger partial charge in [-0.25, -0.2) is 0 Å². The minimum Gasteiger partial charge on any atom is -0.504 e. The maximum atomic E-state index is 11.9. The van der Waals surface area contributed by atoms with Gasteiger partial charge in [-0.3, -0.25) is 9.59 Å². The molecular weight excluding hydrogens is 322 g/mol.